The molecule has 3 rings (SSSR count). The topological polar surface area (TPSA) is 63.2 Å². The highest BCUT2D eigenvalue weighted by molar-refractivity contribution is 9.10. The Kier molecular flexibility index (Phi) is 5.66. The molecule has 0 aliphatic carbocycles. The van der Waals surface area contributed by atoms with E-state index in [4.69, 9.17) is 0 Å². The van der Waals surface area contributed by atoms with Gasteiger partial charge in [0, 0.05) is 10.0 Å². The molecule has 0 heterocycles. The Morgan fingerprint density at radius 3 is 1.92 bits per heavy atom. The highest BCUT2D eigenvalue weighted by Gasteiger charge is 2.27. The highest BCUT2D eigenvalue weighted by atomic mass is 79.9. The Hall–Kier alpha value is -2.28. The van der Waals surface area contributed by atoms with Gasteiger partial charge in [0.1, 0.15) is 6.04 Å². The number of rotatable bonds is 6. The van der Waals surface area contributed by atoms with Crippen molar-refractivity contribution < 1.29 is 13.2 Å². The van der Waals surface area contributed by atoms with Gasteiger partial charge in [-0.2, -0.15) is 4.72 Å². The minimum atomic E-state index is -3.87. The summed E-state index contributed by atoms with van der Waals surface area (Å²) in [5.74, 6) is -0.308. The first kappa shape index (κ1) is 18.5. The molecule has 0 fully saturated rings. The van der Waals surface area contributed by atoms with Gasteiger partial charge in [-0.1, -0.05) is 76.6 Å². The van der Waals surface area contributed by atoms with E-state index in [-0.39, 0.29) is 10.7 Å². The molecule has 0 aromatic heterocycles. The predicted molar refractivity (Wildman–Crippen MR) is 104 cm³/mol. The Morgan fingerprint density at radius 2 is 1.35 bits per heavy atom. The molecule has 3 aromatic rings. The van der Waals surface area contributed by atoms with Gasteiger partial charge in [0.25, 0.3) is 0 Å². The number of benzene rings is 3. The lowest BCUT2D eigenvalue weighted by molar-refractivity contribution is 0.0953. The second kappa shape index (κ2) is 7.95. The third-order valence-electron chi connectivity index (χ3n) is 3.85. The fourth-order valence-electron chi connectivity index (χ4n) is 2.52. The summed E-state index contributed by atoms with van der Waals surface area (Å²) in [6.07, 6.45) is 0. The number of Topliss-reactive ketones (excluding diaryl/α,β-unsaturated/α-hetero) is 1. The lowest BCUT2D eigenvalue weighted by atomic mass is 9.98. The smallest absolute Gasteiger partial charge is 0.241 e. The molecular weight excluding hydrogens is 414 g/mol. The zero-order chi connectivity index (χ0) is 18.6. The van der Waals surface area contributed by atoms with Crippen molar-refractivity contribution in [3.05, 3.63) is 101 Å². The van der Waals surface area contributed by atoms with Crippen molar-refractivity contribution in [3.63, 3.8) is 0 Å². The zero-order valence-electron chi connectivity index (χ0n) is 13.7. The van der Waals surface area contributed by atoms with Crippen LogP contribution in [0.4, 0.5) is 0 Å². The number of carbonyl (C=O) groups is 1. The van der Waals surface area contributed by atoms with E-state index < -0.39 is 16.1 Å². The van der Waals surface area contributed by atoms with Crippen LogP contribution in [0.2, 0.25) is 0 Å². The maximum absolute atomic E-state index is 13.0. The minimum absolute atomic E-state index is 0.0995. The molecule has 0 radical (unpaired) electrons. The molecule has 1 N–H and O–H groups in total. The van der Waals surface area contributed by atoms with Crippen LogP contribution in [0.15, 0.2) is 94.3 Å². The number of sulfonamides is 1. The highest BCUT2D eigenvalue weighted by Crippen LogP contribution is 2.22. The van der Waals surface area contributed by atoms with Gasteiger partial charge in [-0.25, -0.2) is 8.42 Å². The SMILES string of the molecule is O=C(c1ccccc1)C(NS(=O)(=O)c1ccc(Br)cc1)c1ccccc1. The standard InChI is InChI=1S/C20H16BrNO3S/c21-17-11-13-18(14-12-17)26(24,25)22-19(15-7-3-1-4-8-15)20(23)16-9-5-2-6-10-16/h1-14,19,22H. The van der Waals surface area contributed by atoms with Crippen molar-refractivity contribution in [2.24, 2.45) is 0 Å². The summed E-state index contributed by atoms with van der Waals surface area (Å²) in [5, 5.41) is 0. The summed E-state index contributed by atoms with van der Waals surface area (Å²) in [6, 6.07) is 22.7. The van der Waals surface area contributed by atoms with Crippen molar-refractivity contribution in [3.8, 4) is 0 Å². The van der Waals surface area contributed by atoms with Crippen LogP contribution in [-0.2, 0) is 10.0 Å². The first-order valence-electron chi connectivity index (χ1n) is 7.89. The normalized spacial score (nSPS) is 12.5. The van der Waals surface area contributed by atoms with E-state index in [0.717, 1.165) is 4.47 Å². The first-order valence-corrected chi connectivity index (χ1v) is 10.2. The monoisotopic (exact) mass is 429 g/mol. The zero-order valence-corrected chi connectivity index (χ0v) is 16.1. The summed E-state index contributed by atoms with van der Waals surface area (Å²) >= 11 is 3.28. The van der Waals surface area contributed by atoms with Crippen LogP contribution in [0.1, 0.15) is 22.0 Å². The molecule has 0 bridgehead atoms. The Morgan fingerprint density at radius 1 is 0.808 bits per heavy atom. The van der Waals surface area contributed by atoms with Crippen molar-refractivity contribution >= 4 is 31.7 Å². The predicted octanol–water partition coefficient (Wildman–Crippen LogP) is 4.35. The van der Waals surface area contributed by atoms with Gasteiger partial charge >= 0.3 is 0 Å². The van der Waals surface area contributed by atoms with E-state index >= 15 is 0 Å². The number of hydrogen-bond donors (Lipinski definition) is 1. The van der Waals surface area contributed by atoms with E-state index in [2.05, 4.69) is 20.7 Å². The molecule has 4 nitrogen and oxygen atoms in total. The second-order valence-electron chi connectivity index (χ2n) is 5.65. The lowest BCUT2D eigenvalue weighted by Gasteiger charge is -2.18. The Labute approximate surface area is 161 Å². The summed E-state index contributed by atoms with van der Waals surface area (Å²) in [6.45, 7) is 0. The van der Waals surface area contributed by atoms with Gasteiger partial charge in [-0.3, -0.25) is 4.79 Å². The molecule has 26 heavy (non-hydrogen) atoms. The summed E-state index contributed by atoms with van der Waals surface area (Å²) < 4.78 is 28.9. The lowest BCUT2D eigenvalue weighted by Crippen LogP contribution is -2.34. The minimum Gasteiger partial charge on any atom is -0.292 e. The van der Waals surface area contributed by atoms with Crippen molar-refractivity contribution in [1.82, 2.24) is 4.72 Å². The third-order valence-corrected chi connectivity index (χ3v) is 5.82. The number of hydrogen-bond acceptors (Lipinski definition) is 3. The van der Waals surface area contributed by atoms with E-state index in [1.165, 1.54) is 12.1 Å². The van der Waals surface area contributed by atoms with Gasteiger partial charge in [-0.15, -0.1) is 0 Å². The summed E-state index contributed by atoms with van der Waals surface area (Å²) in [7, 11) is -3.87. The van der Waals surface area contributed by atoms with Crippen molar-refractivity contribution in [2.75, 3.05) is 0 Å². The van der Waals surface area contributed by atoms with Crippen LogP contribution >= 0.6 is 15.9 Å². The molecule has 0 saturated carbocycles. The van der Waals surface area contributed by atoms with Crippen LogP contribution in [-0.4, -0.2) is 14.2 Å². The molecule has 0 saturated heterocycles. The molecule has 0 amide bonds. The van der Waals surface area contributed by atoms with Crippen LogP contribution in [0.5, 0.6) is 0 Å². The molecular formula is C20H16BrNO3S. The molecule has 0 spiro atoms. The Bertz CT molecular complexity index is 988. The average Bonchev–Trinajstić information content (AvgIpc) is 2.67. The molecule has 1 unspecified atom stereocenters. The van der Waals surface area contributed by atoms with Crippen LogP contribution in [0.3, 0.4) is 0 Å². The number of ketones is 1. The number of nitrogens with one attached hydrogen (secondary N) is 1. The fraction of sp³-hybridized carbons (Fsp3) is 0.0500. The van der Waals surface area contributed by atoms with Crippen molar-refractivity contribution in [1.29, 1.82) is 0 Å². The molecule has 6 heteroatoms. The Balaban J connectivity index is 1.99. The quantitative estimate of drug-likeness (QED) is 0.592. The van der Waals surface area contributed by atoms with Crippen LogP contribution in [0.25, 0.3) is 0 Å². The van der Waals surface area contributed by atoms with E-state index in [9.17, 15) is 13.2 Å². The van der Waals surface area contributed by atoms with Gasteiger partial charge in [-0.05, 0) is 29.8 Å². The first-order chi connectivity index (χ1) is 12.5. The van der Waals surface area contributed by atoms with E-state index in [1.54, 1.807) is 66.7 Å². The fourth-order valence-corrected chi connectivity index (χ4v) is 3.97. The van der Waals surface area contributed by atoms with Gasteiger partial charge in [0.2, 0.25) is 10.0 Å². The van der Waals surface area contributed by atoms with Crippen LogP contribution < -0.4 is 4.72 Å². The summed E-state index contributed by atoms with van der Waals surface area (Å²) in [5.41, 5.74) is 1.03. The second-order valence-corrected chi connectivity index (χ2v) is 8.28. The largest absolute Gasteiger partial charge is 0.292 e. The third kappa shape index (κ3) is 4.27. The van der Waals surface area contributed by atoms with Crippen molar-refractivity contribution in [2.45, 2.75) is 10.9 Å². The molecule has 132 valence electrons. The molecule has 1 atom stereocenters. The van der Waals surface area contributed by atoms with Gasteiger partial charge < -0.3 is 0 Å². The average molecular weight is 430 g/mol. The maximum Gasteiger partial charge on any atom is 0.241 e. The number of carbonyl (C=O) groups excluding carboxylic acids is 1. The van der Waals surface area contributed by atoms with E-state index in [0.29, 0.717) is 11.1 Å². The molecule has 0 aliphatic rings. The maximum atomic E-state index is 13.0. The van der Waals surface area contributed by atoms with Gasteiger partial charge in [0.05, 0.1) is 4.90 Å². The molecule has 3 aromatic carbocycles. The van der Waals surface area contributed by atoms with Crippen LogP contribution in [0, 0.1) is 0 Å². The molecule has 0 aliphatic heterocycles. The number of halogens is 1. The van der Waals surface area contributed by atoms with E-state index in [1.807, 2.05) is 6.07 Å². The summed E-state index contributed by atoms with van der Waals surface area (Å²) in [4.78, 5) is 13.1. The van der Waals surface area contributed by atoms with Gasteiger partial charge in [0.15, 0.2) is 5.78 Å².